The number of benzene rings is 3. The molecule has 0 saturated heterocycles. The number of aromatic nitrogens is 2. The Morgan fingerprint density at radius 3 is 2.32 bits per heavy atom. The summed E-state index contributed by atoms with van der Waals surface area (Å²) in [7, 11) is 0. The van der Waals surface area contributed by atoms with Gasteiger partial charge in [-0.3, -0.25) is 14.2 Å². The second kappa shape index (κ2) is 10.4. The zero-order valence-corrected chi connectivity index (χ0v) is 21.4. The third kappa shape index (κ3) is 5.26. The molecule has 1 aromatic heterocycles. The molecule has 0 unspecified atom stereocenters. The number of thioether (sulfide) groups is 1. The van der Waals surface area contributed by atoms with E-state index in [2.05, 4.69) is 24.1 Å². The van der Waals surface area contributed by atoms with Gasteiger partial charge in [0.05, 0.1) is 38.1 Å². The van der Waals surface area contributed by atoms with Crippen molar-refractivity contribution in [1.29, 1.82) is 0 Å². The molecule has 0 saturated carbocycles. The fourth-order valence-electron chi connectivity index (χ4n) is 3.41. The number of halogens is 3. The van der Waals surface area contributed by atoms with Crippen molar-refractivity contribution in [3.05, 3.63) is 91.6 Å². The lowest BCUT2D eigenvalue weighted by Gasteiger charge is -2.15. The summed E-state index contributed by atoms with van der Waals surface area (Å²) in [4.78, 5) is 30.8. The third-order valence-corrected chi connectivity index (χ3v) is 6.92. The molecule has 4 aromatic rings. The Bertz CT molecular complexity index is 1410. The first-order valence-electron chi connectivity index (χ1n) is 10.4. The van der Waals surface area contributed by atoms with E-state index < -0.39 is 0 Å². The molecule has 1 amide bonds. The van der Waals surface area contributed by atoms with Gasteiger partial charge >= 0.3 is 0 Å². The molecule has 0 bridgehead atoms. The van der Waals surface area contributed by atoms with E-state index >= 15 is 0 Å². The van der Waals surface area contributed by atoms with Crippen molar-refractivity contribution in [2.75, 3.05) is 11.1 Å². The summed E-state index contributed by atoms with van der Waals surface area (Å²) in [5, 5.41) is 4.47. The minimum atomic E-state index is -0.347. The number of amides is 1. The summed E-state index contributed by atoms with van der Waals surface area (Å²) in [5.74, 6) is 0.00855. The van der Waals surface area contributed by atoms with Crippen molar-refractivity contribution < 1.29 is 4.79 Å². The zero-order valence-electron chi connectivity index (χ0n) is 18.3. The summed E-state index contributed by atoms with van der Waals surface area (Å²) < 4.78 is 1.53. The van der Waals surface area contributed by atoms with Crippen LogP contribution in [0.25, 0.3) is 16.6 Å². The Hall–Kier alpha value is -2.51. The highest BCUT2D eigenvalue weighted by Crippen LogP contribution is 2.34. The average Bonchev–Trinajstić information content (AvgIpc) is 2.80. The molecule has 0 aliphatic rings. The van der Waals surface area contributed by atoms with Crippen LogP contribution in [0, 0.1) is 0 Å². The van der Waals surface area contributed by atoms with E-state index in [9.17, 15) is 9.59 Å². The molecule has 0 aliphatic carbocycles. The fourth-order valence-corrected chi connectivity index (χ4v) is 5.14. The van der Waals surface area contributed by atoms with E-state index in [0.29, 0.717) is 32.7 Å². The van der Waals surface area contributed by atoms with E-state index in [-0.39, 0.29) is 33.0 Å². The summed E-state index contributed by atoms with van der Waals surface area (Å²) in [5.41, 5.74) is 2.49. The van der Waals surface area contributed by atoms with E-state index in [1.165, 1.54) is 16.7 Å². The van der Waals surface area contributed by atoms with Crippen molar-refractivity contribution in [3.8, 4) is 5.69 Å². The molecule has 174 valence electrons. The fraction of sp³-hybridized carbons (Fsp3) is 0.160. The summed E-state index contributed by atoms with van der Waals surface area (Å²) >= 11 is 19.4. The van der Waals surface area contributed by atoms with Gasteiger partial charge in [-0.15, -0.1) is 0 Å². The van der Waals surface area contributed by atoms with Crippen molar-refractivity contribution in [2.24, 2.45) is 0 Å². The molecule has 0 fully saturated rings. The predicted octanol–water partition coefficient (Wildman–Crippen LogP) is 7.20. The van der Waals surface area contributed by atoms with Crippen molar-refractivity contribution in [3.63, 3.8) is 0 Å². The standard InChI is InChI=1S/C25H20Cl3N3O2S/c1-14(2)15-7-9-17(10-8-15)31-24(33)18-5-3-4-6-21(18)29-25(31)34-13-22(32)30-23-19(27)11-16(26)12-20(23)28/h3-12,14H,13H2,1-2H3,(H,30,32). The molecule has 4 rings (SSSR count). The zero-order chi connectivity index (χ0) is 24.4. The molecular weight excluding hydrogens is 513 g/mol. The van der Waals surface area contributed by atoms with Gasteiger partial charge in [0.25, 0.3) is 5.56 Å². The second-order valence-corrected chi connectivity index (χ2v) is 10.1. The van der Waals surface area contributed by atoms with Crippen LogP contribution in [0.2, 0.25) is 15.1 Å². The smallest absolute Gasteiger partial charge is 0.266 e. The van der Waals surface area contributed by atoms with Gasteiger partial charge in [-0.2, -0.15) is 0 Å². The van der Waals surface area contributed by atoms with E-state index in [4.69, 9.17) is 34.8 Å². The molecule has 9 heteroatoms. The van der Waals surface area contributed by atoms with Gasteiger partial charge in [-0.1, -0.05) is 84.7 Å². The first-order chi connectivity index (χ1) is 16.2. The van der Waals surface area contributed by atoms with E-state index in [1.54, 1.807) is 18.2 Å². The van der Waals surface area contributed by atoms with Crippen molar-refractivity contribution >= 4 is 69.1 Å². The number of nitrogens with zero attached hydrogens (tertiary/aromatic N) is 2. The maximum absolute atomic E-state index is 13.4. The summed E-state index contributed by atoms with van der Waals surface area (Å²) in [6, 6.07) is 17.9. The van der Waals surface area contributed by atoms with Gasteiger partial charge in [-0.05, 0) is 47.9 Å². The Labute approximate surface area is 216 Å². The van der Waals surface area contributed by atoms with Gasteiger partial charge in [0.2, 0.25) is 5.91 Å². The molecule has 0 radical (unpaired) electrons. The Kier molecular flexibility index (Phi) is 7.53. The lowest BCUT2D eigenvalue weighted by Crippen LogP contribution is -2.23. The summed E-state index contributed by atoms with van der Waals surface area (Å²) in [6.45, 7) is 4.22. The molecule has 1 N–H and O–H groups in total. The average molecular weight is 533 g/mol. The van der Waals surface area contributed by atoms with Crippen LogP contribution in [0.15, 0.2) is 70.6 Å². The van der Waals surface area contributed by atoms with Crippen LogP contribution in [0.3, 0.4) is 0 Å². The Morgan fingerprint density at radius 2 is 1.68 bits per heavy atom. The summed E-state index contributed by atoms with van der Waals surface area (Å²) in [6.07, 6.45) is 0. The number of anilines is 1. The molecule has 0 spiro atoms. The molecule has 1 heterocycles. The monoisotopic (exact) mass is 531 g/mol. The van der Waals surface area contributed by atoms with Crippen LogP contribution in [0.1, 0.15) is 25.3 Å². The topological polar surface area (TPSA) is 64.0 Å². The first kappa shape index (κ1) is 24.6. The number of nitrogens with one attached hydrogen (secondary N) is 1. The van der Waals surface area contributed by atoms with Crippen LogP contribution >= 0.6 is 46.6 Å². The molecule has 0 aliphatic heterocycles. The van der Waals surface area contributed by atoms with Gasteiger partial charge in [0.15, 0.2) is 5.16 Å². The highest BCUT2D eigenvalue weighted by molar-refractivity contribution is 7.99. The van der Waals surface area contributed by atoms with Crippen molar-refractivity contribution in [1.82, 2.24) is 9.55 Å². The van der Waals surface area contributed by atoms with E-state index in [0.717, 1.165) is 17.3 Å². The third-order valence-electron chi connectivity index (χ3n) is 5.17. The molecule has 5 nitrogen and oxygen atoms in total. The number of para-hydroxylation sites is 1. The maximum atomic E-state index is 13.4. The maximum Gasteiger partial charge on any atom is 0.266 e. The van der Waals surface area contributed by atoms with Crippen LogP contribution < -0.4 is 10.9 Å². The predicted molar refractivity (Wildman–Crippen MR) is 142 cm³/mol. The molecule has 3 aromatic carbocycles. The minimum Gasteiger partial charge on any atom is -0.323 e. The normalized spacial score (nSPS) is 11.2. The Morgan fingerprint density at radius 1 is 1.03 bits per heavy atom. The number of fused-ring (bicyclic) bond motifs is 1. The van der Waals surface area contributed by atoms with Crippen LogP contribution in [0.5, 0.6) is 0 Å². The number of carbonyl (C=O) groups excluding carboxylic acids is 1. The lowest BCUT2D eigenvalue weighted by molar-refractivity contribution is -0.113. The lowest BCUT2D eigenvalue weighted by atomic mass is 10.0. The number of carbonyl (C=O) groups is 1. The van der Waals surface area contributed by atoms with Gasteiger partial charge in [-0.25, -0.2) is 4.98 Å². The molecule has 34 heavy (non-hydrogen) atoms. The largest absolute Gasteiger partial charge is 0.323 e. The van der Waals surface area contributed by atoms with E-state index in [1.807, 2.05) is 30.3 Å². The van der Waals surface area contributed by atoms with Crippen LogP contribution in [-0.2, 0) is 4.79 Å². The minimum absolute atomic E-state index is 0.00978. The number of rotatable bonds is 6. The van der Waals surface area contributed by atoms with Gasteiger partial charge < -0.3 is 5.32 Å². The van der Waals surface area contributed by atoms with Crippen LogP contribution in [0.4, 0.5) is 5.69 Å². The van der Waals surface area contributed by atoms with Gasteiger partial charge in [0.1, 0.15) is 0 Å². The number of hydrogen-bond donors (Lipinski definition) is 1. The van der Waals surface area contributed by atoms with Crippen molar-refractivity contribution in [2.45, 2.75) is 24.9 Å². The van der Waals surface area contributed by atoms with Crippen LogP contribution in [-0.4, -0.2) is 21.2 Å². The quantitative estimate of drug-likeness (QED) is 0.211. The Balaban J connectivity index is 1.67. The van der Waals surface area contributed by atoms with Gasteiger partial charge in [0, 0.05) is 5.02 Å². The SMILES string of the molecule is CC(C)c1ccc(-n2c(SCC(=O)Nc3c(Cl)cc(Cl)cc3Cl)nc3ccccc3c2=O)cc1. The first-order valence-corrected chi connectivity index (χ1v) is 12.6. The molecule has 0 atom stereocenters. The molecular formula is C25H20Cl3N3O2S. The second-order valence-electron chi connectivity index (χ2n) is 7.88. The number of hydrogen-bond acceptors (Lipinski definition) is 4. The highest BCUT2D eigenvalue weighted by Gasteiger charge is 2.17. The highest BCUT2D eigenvalue weighted by atomic mass is 35.5.